The third-order valence-corrected chi connectivity index (χ3v) is 6.91. The van der Waals surface area contributed by atoms with Crippen LogP contribution in [0.15, 0.2) is 36.4 Å². The van der Waals surface area contributed by atoms with E-state index in [1.165, 1.54) is 0 Å². The van der Waals surface area contributed by atoms with Crippen molar-refractivity contribution in [2.45, 2.75) is 33.1 Å². The van der Waals surface area contributed by atoms with E-state index in [0.717, 1.165) is 50.2 Å². The number of hydrogen-bond donors (Lipinski definition) is 2. The van der Waals surface area contributed by atoms with Gasteiger partial charge < -0.3 is 10.2 Å². The molecule has 5 rings (SSSR count). The number of H-pyrrole nitrogens is 1. The minimum atomic E-state index is -0.0713. The predicted molar refractivity (Wildman–Crippen MR) is 127 cm³/mol. The van der Waals surface area contributed by atoms with Gasteiger partial charge in [0, 0.05) is 30.6 Å². The first-order chi connectivity index (χ1) is 15.5. The zero-order valence-corrected chi connectivity index (χ0v) is 19.0. The van der Waals surface area contributed by atoms with Gasteiger partial charge in [-0.25, -0.2) is 4.98 Å². The first-order valence-electron chi connectivity index (χ1n) is 10.9. The summed E-state index contributed by atoms with van der Waals surface area (Å²) in [5, 5.41) is 12.1. The number of carbonyl (C=O) groups is 2. The predicted octanol–water partition coefficient (Wildman–Crippen LogP) is 4.67. The summed E-state index contributed by atoms with van der Waals surface area (Å²) in [7, 11) is 0. The number of nitrogens with one attached hydrogen (secondary N) is 2. The van der Waals surface area contributed by atoms with Crippen molar-refractivity contribution >= 4 is 50.0 Å². The van der Waals surface area contributed by atoms with Gasteiger partial charge in [0.2, 0.25) is 5.91 Å². The maximum absolute atomic E-state index is 13.2. The summed E-state index contributed by atoms with van der Waals surface area (Å²) >= 11 is 1.62. The summed E-state index contributed by atoms with van der Waals surface area (Å²) in [6.45, 7) is 5.24. The minimum Gasteiger partial charge on any atom is -0.337 e. The largest absolute Gasteiger partial charge is 0.337 e. The number of carbonyl (C=O) groups excluding carboxylic acids is 2. The van der Waals surface area contributed by atoms with Gasteiger partial charge in [0.25, 0.3) is 5.91 Å². The van der Waals surface area contributed by atoms with Crippen LogP contribution in [-0.2, 0) is 4.79 Å². The maximum atomic E-state index is 13.2. The molecule has 1 saturated heterocycles. The smallest absolute Gasteiger partial charge is 0.275 e. The Labute approximate surface area is 189 Å². The standard InChI is InChI=1S/C24H25N5O2S/c1-14-5-7-19-18(10-14)23(28-27-19)24(31)29-9-3-4-16(13-29)11-22(30)26-17-6-8-20-21(12-17)32-15(2)25-20/h5-8,10,12,16H,3-4,9,11,13H2,1-2H3,(H,26,30)(H,27,28)/t16-/m0/s1. The van der Waals surface area contributed by atoms with Crippen molar-refractivity contribution in [3.05, 3.63) is 52.7 Å². The molecule has 0 bridgehead atoms. The van der Waals surface area contributed by atoms with E-state index in [1.54, 1.807) is 11.3 Å². The molecule has 0 unspecified atom stereocenters. The molecular formula is C24H25N5O2S. The number of piperidine rings is 1. The number of anilines is 1. The molecule has 7 nitrogen and oxygen atoms in total. The average molecular weight is 448 g/mol. The van der Waals surface area contributed by atoms with Crippen molar-refractivity contribution < 1.29 is 9.59 Å². The monoisotopic (exact) mass is 447 g/mol. The summed E-state index contributed by atoms with van der Waals surface area (Å²) in [6.07, 6.45) is 2.21. The second kappa shape index (κ2) is 8.35. The maximum Gasteiger partial charge on any atom is 0.275 e. The zero-order valence-electron chi connectivity index (χ0n) is 18.1. The molecule has 1 atom stereocenters. The Bertz CT molecular complexity index is 1320. The lowest BCUT2D eigenvalue weighted by Gasteiger charge is -2.32. The van der Waals surface area contributed by atoms with Gasteiger partial charge in [-0.1, -0.05) is 11.6 Å². The molecule has 0 spiro atoms. The summed E-state index contributed by atoms with van der Waals surface area (Å²) < 4.78 is 1.07. The Balaban J connectivity index is 1.24. The van der Waals surface area contributed by atoms with E-state index >= 15 is 0 Å². The fourth-order valence-corrected chi connectivity index (χ4v) is 5.31. The molecule has 2 amide bonds. The summed E-state index contributed by atoms with van der Waals surface area (Å²) in [4.78, 5) is 32.2. The van der Waals surface area contributed by atoms with Crippen molar-refractivity contribution in [3.8, 4) is 0 Å². The Morgan fingerprint density at radius 2 is 2.09 bits per heavy atom. The third kappa shape index (κ3) is 4.10. The van der Waals surface area contributed by atoms with Gasteiger partial charge in [0.15, 0.2) is 5.69 Å². The Morgan fingerprint density at radius 3 is 2.97 bits per heavy atom. The third-order valence-electron chi connectivity index (χ3n) is 5.98. The number of amides is 2. The van der Waals surface area contributed by atoms with E-state index < -0.39 is 0 Å². The molecule has 1 aliphatic heterocycles. The second-order valence-electron chi connectivity index (χ2n) is 8.55. The van der Waals surface area contributed by atoms with Crippen molar-refractivity contribution in [1.82, 2.24) is 20.1 Å². The first kappa shape index (κ1) is 20.6. The van der Waals surface area contributed by atoms with Gasteiger partial charge in [-0.2, -0.15) is 5.10 Å². The van der Waals surface area contributed by atoms with Crippen LogP contribution in [0.3, 0.4) is 0 Å². The van der Waals surface area contributed by atoms with Gasteiger partial charge in [0.1, 0.15) is 0 Å². The van der Waals surface area contributed by atoms with E-state index in [4.69, 9.17) is 0 Å². The number of aromatic nitrogens is 3. The molecule has 164 valence electrons. The van der Waals surface area contributed by atoms with Gasteiger partial charge in [0.05, 0.1) is 20.7 Å². The van der Waals surface area contributed by atoms with Crippen LogP contribution in [0.2, 0.25) is 0 Å². The highest BCUT2D eigenvalue weighted by Gasteiger charge is 2.28. The number of aryl methyl sites for hydroxylation is 2. The van der Waals surface area contributed by atoms with E-state index in [0.29, 0.717) is 25.2 Å². The van der Waals surface area contributed by atoms with Crippen LogP contribution in [-0.4, -0.2) is 45.0 Å². The fraction of sp³-hybridized carbons (Fsp3) is 0.333. The molecule has 0 radical (unpaired) electrons. The quantitative estimate of drug-likeness (QED) is 0.476. The molecule has 2 aromatic heterocycles. The fourth-order valence-electron chi connectivity index (χ4n) is 4.45. The van der Waals surface area contributed by atoms with Crippen LogP contribution in [0.4, 0.5) is 5.69 Å². The van der Waals surface area contributed by atoms with Gasteiger partial charge >= 0.3 is 0 Å². The molecule has 4 aromatic rings. The van der Waals surface area contributed by atoms with Gasteiger partial charge in [-0.3, -0.25) is 14.7 Å². The molecule has 0 saturated carbocycles. The molecule has 2 aromatic carbocycles. The number of hydrogen-bond acceptors (Lipinski definition) is 5. The molecule has 32 heavy (non-hydrogen) atoms. The number of fused-ring (bicyclic) bond motifs is 2. The van der Waals surface area contributed by atoms with Crippen molar-refractivity contribution in [3.63, 3.8) is 0 Å². The van der Waals surface area contributed by atoms with E-state index in [2.05, 4.69) is 20.5 Å². The molecule has 1 fully saturated rings. The number of rotatable bonds is 4. The molecule has 1 aliphatic rings. The highest BCUT2D eigenvalue weighted by molar-refractivity contribution is 7.18. The van der Waals surface area contributed by atoms with Crippen LogP contribution in [0, 0.1) is 19.8 Å². The van der Waals surface area contributed by atoms with E-state index in [1.807, 2.05) is 55.1 Å². The first-order valence-corrected chi connectivity index (χ1v) is 11.7. The highest BCUT2D eigenvalue weighted by Crippen LogP contribution is 2.27. The number of aromatic amines is 1. The van der Waals surface area contributed by atoms with Crippen LogP contribution in [0.5, 0.6) is 0 Å². The Hall–Kier alpha value is -3.26. The zero-order chi connectivity index (χ0) is 22.2. The average Bonchev–Trinajstić information content (AvgIpc) is 3.35. The van der Waals surface area contributed by atoms with Crippen LogP contribution in [0.25, 0.3) is 21.1 Å². The van der Waals surface area contributed by atoms with E-state index in [-0.39, 0.29) is 17.7 Å². The summed E-state index contributed by atoms with van der Waals surface area (Å²) in [5.74, 6) is 0.0396. The van der Waals surface area contributed by atoms with E-state index in [9.17, 15) is 9.59 Å². The SMILES string of the molecule is Cc1ccc2[nH]nc(C(=O)N3CCC[C@@H](CC(=O)Nc4ccc5nc(C)sc5c4)C3)c2c1. The minimum absolute atomic E-state index is 0.0225. The molecule has 0 aliphatic carbocycles. The lowest BCUT2D eigenvalue weighted by Crippen LogP contribution is -2.41. The Morgan fingerprint density at radius 1 is 1.22 bits per heavy atom. The van der Waals surface area contributed by atoms with Crippen molar-refractivity contribution in [2.24, 2.45) is 5.92 Å². The number of likely N-dealkylation sites (tertiary alicyclic amines) is 1. The second-order valence-corrected chi connectivity index (χ2v) is 9.78. The lowest BCUT2D eigenvalue weighted by atomic mass is 9.94. The molecule has 8 heteroatoms. The number of benzene rings is 2. The Kier molecular flexibility index (Phi) is 5.38. The van der Waals surface area contributed by atoms with Crippen molar-refractivity contribution in [2.75, 3.05) is 18.4 Å². The molecule has 2 N–H and O–H groups in total. The highest BCUT2D eigenvalue weighted by atomic mass is 32.1. The van der Waals surface area contributed by atoms with Gasteiger partial charge in [-0.15, -0.1) is 11.3 Å². The number of thiazole rings is 1. The molecule has 3 heterocycles. The number of nitrogens with zero attached hydrogens (tertiary/aromatic N) is 3. The van der Waals surface area contributed by atoms with Crippen LogP contribution >= 0.6 is 11.3 Å². The van der Waals surface area contributed by atoms with Crippen molar-refractivity contribution in [1.29, 1.82) is 0 Å². The normalized spacial score (nSPS) is 16.6. The summed E-state index contributed by atoms with van der Waals surface area (Å²) in [5.41, 5.74) is 4.15. The van der Waals surface area contributed by atoms with Crippen LogP contribution in [0.1, 0.15) is 40.3 Å². The summed E-state index contributed by atoms with van der Waals surface area (Å²) in [6, 6.07) is 11.7. The van der Waals surface area contributed by atoms with Crippen LogP contribution < -0.4 is 5.32 Å². The van der Waals surface area contributed by atoms with Gasteiger partial charge in [-0.05, 0) is 62.9 Å². The molecular weight excluding hydrogens is 422 g/mol. The topological polar surface area (TPSA) is 91.0 Å². The lowest BCUT2D eigenvalue weighted by molar-refractivity contribution is -0.117.